The molecule has 4 heteroatoms. The third-order valence-electron chi connectivity index (χ3n) is 3.63. The van der Waals surface area contributed by atoms with Gasteiger partial charge in [0.2, 0.25) is 0 Å². The smallest absolute Gasteiger partial charge is 0.321 e. The minimum Gasteiger partial charge on any atom is -0.480 e. The first kappa shape index (κ1) is 13.6. The fraction of sp³-hybridized carbons (Fsp3) is 0.400. The van der Waals surface area contributed by atoms with Crippen LogP contribution in [0.25, 0.3) is 10.9 Å². The molecule has 2 atom stereocenters. The highest BCUT2D eigenvalue weighted by Gasteiger charge is 2.28. The normalized spacial score (nSPS) is 14.5. The predicted molar refractivity (Wildman–Crippen MR) is 76.3 cm³/mol. The van der Waals surface area contributed by atoms with Crippen molar-refractivity contribution in [2.75, 3.05) is 0 Å². The topological polar surface area (TPSA) is 79.1 Å². The van der Waals surface area contributed by atoms with Gasteiger partial charge in [-0.2, -0.15) is 0 Å². The number of rotatable bonds is 5. The van der Waals surface area contributed by atoms with E-state index in [4.69, 9.17) is 5.73 Å². The zero-order chi connectivity index (χ0) is 14.0. The summed E-state index contributed by atoms with van der Waals surface area (Å²) in [6.07, 6.45) is 1.68. The van der Waals surface area contributed by atoms with Gasteiger partial charge < -0.3 is 15.8 Å². The molecule has 0 spiro atoms. The van der Waals surface area contributed by atoms with Crippen LogP contribution in [0.3, 0.4) is 0 Å². The molecule has 2 unspecified atom stereocenters. The molecule has 0 amide bonds. The number of aliphatic carboxylic acids is 1. The highest BCUT2D eigenvalue weighted by atomic mass is 16.4. The standard InChI is InChI=1S/C15H20N2O2/c1-3-6-11(14(16)15(18)19)13-9(2)17-12-8-5-4-7-10(12)13/h4-5,7-8,11,14,17H,3,6,16H2,1-2H3,(H,18,19). The number of nitrogens with one attached hydrogen (secondary N) is 1. The van der Waals surface area contributed by atoms with Crippen LogP contribution in [0.15, 0.2) is 24.3 Å². The second-order valence-electron chi connectivity index (χ2n) is 4.97. The van der Waals surface area contributed by atoms with Crippen molar-refractivity contribution in [2.24, 2.45) is 5.73 Å². The number of H-pyrrole nitrogens is 1. The average molecular weight is 260 g/mol. The van der Waals surface area contributed by atoms with E-state index in [9.17, 15) is 9.90 Å². The molecule has 4 N–H and O–H groups in total. The van der Waals surface area contributed by atoms with Gasteiger partial charge in [-0.15, -0.1) is 0 Å². The monoisotopic (exact) mass is 260 g/mol. The first-order chi connectivity index (χ1) is 9.06. The van der Waals surface area contributed by atoms with Crippen LogP contribution in [0.1, 0.15) is 36.9 Å². The number of nitrogens with two attached hydrogens (primary N) is 1. The molecule has 1 aromatic carbocycles. The van der Waals surface area contributed by atoms with Gasteiger partial charge in [0.25, 0.3) is 0 Å². The summed E-state index contributed by atoms with van der Waals surface area (Å²) in [5.74, 6) is -1.10. The Hall–Kier alpha value is -1.81. The summed E-state index contributed by atoms with van der Waals surface area (Å²) in [5, 5.41) is 10.3. The molecule has 0 radical (unpaired) electrons. The van der Waals surface area contributed by atoms with Crippen LogP contribution in [0.5, 0.6) is 0 Å². The number of hydrogen-bond acceptors (Lipinski definition) is 2. The van der Waals surface area contributed by atoms with Gasteiger partial charge in [-0.3, -0.25) is 4.79 Å². The van der Waals surface area contributed by atoms with Crippen LogP contribution < -0.4 is 5.73 Å². The van der Waals surface area contributed by atoms with Gasteiger partial charge in [-0.25, -0.2) is 0 Å². The number of para-hydroxylation sites is 1. The summed E-state index contributed by atoms with van der Waals surface area (Å²) in [6, 6.07) is 7.09. The summed E-state index contributed by atoms with van der Waals surface area (Å²) in [6.45, 7) is 4.03. The quantitative estimate of drug-likeness (QED) is 0.773. The number of hydrogen-bond donors (Lipinski definition) is 3. The van der Waals surface area contributed by atoms with Crippen LogP contribution in [0, 0.1) is 6.92 Å². The molecule has 2 rings (SSSR count). The van der Waals surface area contributed by atoms with Crippen molar-refractivity contribution >= 4 is 16.9 Å². The van der Waals surface area contributed by atoms with Crippen molar-refractivity contribution in [1.82, 2.24) is 4.98 Å². The summed E-state index contributed by atoms with van der Waals surface area (Å²) >= 11 is 0. The maximum atomic E-state index is 11.2. The number of aromatic amines is 1. The molecule has 102 valence electrons. The molecule has 0 aliphatic carbocycles. The van der Waals surface area contributed by atoms with E-state index in [1.54, 1.807) is 0 Å². The average Bonchev–Trinajstić information content (AvgIpc) is 2.71. The summed E-state index contributed by atoms with van der Waals surface area (Å²) in [5.41, 5.74) is 8.98. The van der Waals surface area contributed by atoms with Crippen molar-refractivity contribution < 1.29 is 9.90 Å². The molecule has 2 aromatic rings. The maximum absolute atomic E-state index is 11.2. The molecular weight excluding hydrogens is 240 g/mol. The highest BCUT2D eigenvalue weighted by molar-refractivity contribution is 5.86. The largest absolute Gasteiger partial charge is 0.480 e. The molecule has 0 aliphatic heterocycles. The minimum absolute atomic E-state index is 0.154. The Morgan fingerprint density at radius 1 is 1.42 bits per heavy atom. The molecule has 1 aromatic heterocycles. The van der Waals surface area contributed by atoms with E-state index in [1.165, 1.54) is 0 Å². The van der Waals surface area contributed by atoms with Crippen molar-refractivity contribution in [3.63, 3.8) is 0 Å². The zero-order valence-electron chi connectivity index (χ0n) is 11.3. The molecule has 0 bridgehead atoms. The SMILES string of the molecule is CCCC(c1c(C)[nH]c2ccccc12)C(N)C(=O)O. The summed E-state index contributed by atoms with van der Waals surface area (Å²) in [4.78, 5) is 14.5. The van der Waals surface area contributed by atoms with E-state index >= 15 is 0 Å². The Kier molecular flexibility index (Phi) is 3.90. The number of carboxylic acids is 1. The molecular formula is C15H20N2O2. The lowest BCUT2D eigenvalue weighted by Gasteiger charge is -2.21. The van der Waals surface area contributed by atoms with Gasteiger partial charge in [0.1, 0.15) is 6.04 Å². The van der Waals surface area contributed by atoms with Crippen molar-refractivity contribution in [3.05, 3.63) is 35.5 Å². The lowest BCUT2D eigenvalue weighted by molar-refractivity contribution is -0.139. The van der Waals surface area contributed by atoms with Crippen molar-refractivity contribution in [1.29, 1.82) is 0 Å². The Morgan fingerprint density at radius 2 is 2.11 bits per heavy atom. The number of aromatic nitrogens is 1. The third-order valence-corrected chi connectivity index (χ3v) is 3.63. The van der Waals surface area contributed by atoms with Gasteiger partial charge in [0.05, 0.1) is 0 Å². The van der Waals surface area contributed by atoms with Gasteiger partial charge in [0.15, 0.2) is 0 Å². The van der Waals surface area contributed by atoms with Crippen LogP contribution in [-0.4, -0.2) is 22.1 Å². The van der Waals surface area contributed by atoms with E-state index in [2.05, 4.69) is 4.98 Å². The molecule has 0 saturated heterocycles. The second-order valence-corrected chi connectivity index (χ2v) is 4.97. The first-order valence-corrected chi connectivity index (χ1v) is 6.61. The van der Waals surface area contributed by atoms with E-state index in [1.807, 2.05) is 38.1 Å². The number of carboxylic acid groups (broad SMARTS) is 1. The van der Waals surface area contributed by atoms with E-state index in [0.29, 0.717) is 0 Å². The van der Waals surface area contributed by atoms with Crippen LogP contribution in [-0.2, 0) is 4.79 Å². The number of carbonyl (C=O) groups is 1. The predicted octanol–water partition coefficient (Wildman–Crippen LogP) is 2.77. The van der Waals surface area contributed by atoms with Crippen LogP contribution in [0.2, 0.25) is 0 Å². The number of aryl methyl sites for hydroxylation is 1. The maximum Gasteiger partial charge on any atom is 0.321 e. The molecule has 0 aliphatic rings. The molecule has 19 heavy (non-hydrogen) atoms. The summed E-state index contributed by atoms with van der Waals surface area (Å²) in [7, 11) is 0. The van der Waals surface area contributed by atoms with Crippen LogP contribution in [0.4, 0.5) is 0 Å². The minimum atomic E-state index is -0.942. The van der Waals surface area contributed by atoms with Crippen molar-refractivity contribution in [2.45, 2.75) is 38.6 Å². The number of benzene rings is 1. The number of fused-ring (bicyclic) bond motifs is 1. The Bertz CT molecular complexity index is 589. The lowest BCUT2D eigenvalue weighted by atomic mass is 9.86. The molecule has 0 saturated carbocycles. The van der Waals surface area contributed by atoms with Gasteiger partial charge in [-0.1, -0.05) is 31.5 Å². The summed E-state index contributed by atoms with van der Waals surface area (Å²) < 4.78 is 0. The highest BCUT2D eigenvalue weighted by Crippen LogP contribution is 2.33. The van der Waals surface area contributed by atoms with Gasteiger partial charge in [0, 0.05) is 22.5 Å². The van der Waals surface area contributed by atoms with Crippen LogP contribution >= 0.6 is 0 Å². The first-order valence-electron chi connectivity index (χ1n) is 6.61. The molecule has 4 nitrogen and oxygen atoms in total. The van der Waals surface area contributed by atoms with E-state index < -0.39 is 12.0 Å². The van der Waals surface area contributed by atoms with E-state index in [0.717, 1.165) is 35.0 Å². The van der Waals surface area contributed by atoms with Crippen molar-refractivity contribution in [3.8, 4) is 0 Å². The van der Waals surface area contributed by atoms with E-state index in [-0.39, 0.29) is 5.92 Å². The van der Waals surface area contributed by atoms with Gasteiger partial charge in [-0.05, 0) is 25.0 Å². The van der Waals surface area contributed by atoms with Gasteiger partial charge >= 0.3 is 5.97 Å². The Morgan fingerprint density at radius 3 is 2.74 bits per heavy atom. The molecule has 0 fully saturated rings. The Labute approximate surface area is 112 Å². The fourth-order valence-corrected chi connectivity index (χ4v) is 2.76. The lowest BCUT2D eigenvalue weighted by Crippen LogP contribution is -2.36. The second kappa shape index (κ2) is 5.45. The Balaban J connectivity index is 2.55. The third kappa shape index (κ3) is 2.49. The molecule has 1 heterocycles. The zero-order valence-corrected chi connectivity index (χ0v) is 11.3. The fourth-order valence-electron chi connectivity index (χ4n) is 2.76.